The molecule has 0 bridgehead atoms. The van der Waals surface area contributed by atoms with Crippen LogP contribution in [0.15, 0.2) is 42.5 Å². The fraction of sp³-hybridized carbons (Fsp3) is 0.368. The molecule has 0 atom stereocenters. The van der Waals surface area contributed by atoms with Gasteiger partial charge in [0.15, 0.2) is 0 Å². The van der Waals surface area contributed by atoms with Gasteiger partial charge in [0, 0.05) is 24.5 Å². The molecule has 2 aromatic carbocycles. The second kappa shape index (κ2) is 7.74. The van der Waals surface area contributed by atoms with Crippen LogP contribution in [0.4, 0.5) is 11.4 Å². The van der Waals surface area contributed by atoms with E-state index < -0.39 is 0 Å². The van der Waals surface area contributed by atoms with Crippen molar-refractivity contribution in [2.75, 3.05) is 23.7 Å². The van der Waals surface area contributed by atoms with Crippen molar-refractivity contribution in [2.45, 2.75) is 33.8 Å². The van der Waals surface area contributed by atoms with Gasteiger partial charge in [-0.15, -0.1) is 0 Å². The van der Waals surface area contributed by atoms with Crippen molar-refractivity contribution in [1.29, 1.82) is 0 Å². The van der Waals surface area contributed by atoms with Crippen LogP contribution < -0.4 is 15.4 Å². The lowest BCUT2D eigenvalue weighted by Gasteiger charge is -2.13. The van der Waals surface area contributed by atoms with Gasteiger partial charge in [0.05, 0.1) is 6.10 Å². The molecule has 0 spiro atoms. The Bertz CT molecular complexity index is 591. The quantitative estimate of drug-likeness (QED) is 0.732. The van der Waals surface area contributed by atoms with Crippen LogP contribution in [0.2, 0.25) is 0 Å². The maximum absolute atomic E-state index is 5.64. The van der Waals surface area contributed by atoms with Crippen LogP contribution >= 0.6 is 0 Å². The van der Waals surface area contributed by atoms with Gasteiger partial charge in [0.1, 0.15) is 5.75 Å². The number of ether oxygens (including phenoxy) is 1. The van der Waals surface area contributed by atoms with Gasteiger partial charge < -0.3 is 15.4 Å². The van der Waals surface area contributed by atoms with E-state index in [-0.39, 0.29) is 6.10 Å². The van der Waals surface area contributed by atoms with Gasteiger partial charge in [-0.05, 0) is 63.6 Å². The van der Waals surface area contributed by atoms with E-state index in [9.17, 15) is 0 Å². The highest BCUT2D eigenvalue weighted by Crippen LogP contribution is 2.17. The van der Waals surface area contributed by atoms with Crippen LogP contribution in [0.3, 0.4) is 0 Å². The normalized spacial score (nSPS) is 10.6. The molecule has 0 radical (unpaired) electrons. The summed E-state index contributed by atoms with van der Waals surface area (Å²) in [4.78, 5) is 0. The van der Waals surface area contributed by atoms with E-state index in [1.807, 2.05) is 26.0 Å². The Labute approximate surface area is 133 Å². The average molecular weight is 298 g/mol. The second-order valence-corrected chi connectivity index (χ2v) is 5.86. The summed E-state index contributed by atoms with van der Waals surface area (Å²) in [5.74, 6) is 0.911. The van der Waals surface area contributed by atoms with E-state index in [1.54, 1.807) is 0 Å². The highest BCUT2D eigenvalue weighted by molar-refractivity contribution is 5.52. The fourth-order valence-corrected chi connectivity index (χ4v) is 2.34. The largest absolute Gasteiger partial charge is 0.491 e. The first-order chi connectivity index (χ1) is 10.5. The molecule has 2 rings (SSSR count). The van der Waals surface area contributed by atoms with Gasteiger partial charge in [0.25, 0.3) is 0 Å². The van der Waals surface area contributed by atoms with Gasteiger partial charge >= 0.3 is 0 Å². The smallest absolute Gasteiger partial charge is 0.119 e. The summed E-state index contributed by atoms with van der Waals surface area (Å²) in [6.07, 6.45) is 0.209. The zero-order valence-corrected chi connectivity index (χ0v) is 13.9. The predicted molar refractivity (Wildman–Crippen MR) is 95.1 cm³/mol. The monoisotopic (exact) mass is 298 g/mol. The number of rotatable bonds is 7. The molecule has 22 heavy (non-hydrogen) atoms. The fourth-order valence-electron chi connectivity index (χ4n) is 2.34. The minimum Gasteiger partial charge on any atom is -0.491 e. The molecule has 0 aliphatic rings. The molecule has 2 aromatic rings. The Kier molecular flexibility index (Phi) is 5.70. The molecule has 0 heterocycles. The third-order valence-electron chi connectivity index (χ3n) is 3.38. The number of benzene rings is 2. The predicted octanol–water partition coefficient (Wildman–Crippen LogP) is 4.61. The molecular formula is C19H26N2O. The number of hydrogen-bond acceptors (Lipinski definition) is 3. The van der Waals surface area contributed by atoms with Crippen LogP contribution in [0.5, 0.6) is 5.75 Å². The van der Waals surface area contributed by atoms with Gasteiger partial charge in [-0.1, -0.05) is 17.7 Å². The van der Waals surface area contributed by atoms with Crippen molar-refractivity contribution in [2.24, 2.45) is 0 Å². The molecule has 3 heteroatoms. The van der Waals surface area contributed by atoms with E-state index in [0.717, 1.165) is 24.5 Å². The molecule has 0 saturated carbocycles. The summed E-state index contributed by atoms with van der Waals surface area (Å²) in [5, 5.41) is 6.87. The molecule has 3 nitrogen and oxygen atoms in total. The van der Waals surface area contributed by atoms with E-state index >= 15 is 0 Å². The number of nitrogens with one attached hydrogen (secondary N) is 2. The summed E-state index contributed by atoms with van der Waals surface area (Å²) >= 11 is 0. The van der Waals surface area contributed by atoms with Crippen molar-refractivity contribution in [3.8, 4) is 5.75 Å². The Morgan fingerprint density at radius 1 is 0.909 bits per heavy atom. The molecule has 2 N–H and O–H groups in total. The van der Waals surface area contributed by atoms with Crippen LogP contribution in [-0.2, 0) is 0 Å². The lowest BCUT2D eigenvalue weighted by molar-refractivity contribution is 0.242. The summed E-state index contributed by atoms with van der Waals surface area (Å²) in [6, 6.07) is 14.6. The molecule has 0 unspecified atom stereocenters. The average Bonchev–Trinajstić information content (AvgIpc) is 2.46. The van der Waals surface area contributed by atoms with Gasteiger partial charge in [-0.2, -0.15) is 0 Å². The van der Waals surface area contributed by atoms with E-state index in [2.05, 4.69) is 54.8 Å². The molecule has 0 aliphatic heterocycles. The van der Waals surface area contributed by atoms with Crippen LogP contribution in [0.25, 0.3) is 0 Å². The molecule has 0 aliphatic carbocycles. The summed E-state index contributed by atoms with van der Waals surface area (Å²) < 4.78 is 5.64. The number of hydrogen-bond donors (Lipinski definition) is 2. The minimum atomic E-state index is 0.209. The summed E-state index contributed by atoms with van der Waals surface area (Å²) in [6.45, 7) is 10.1. The van der Waals surface area contributed by atoms with Crippen molar-refractivity contribution in [3.05, 3.63) is 53.6 Å². The van der Waals surface area contributed by atoms with Crippen molar-refractivity contribution in [3.63, 3.8) is 0 Å². The van der Waals surface area contributed by atoms with Gasteiger partial charge in [-0.25, -0.2) is 0 Å². The molecule has 0 aromatic heterocycles. The molecule has 0 fully saturated rings. The maximum Gasteiger partial charge on any atom is 0.119 e. The highest BCUT2D eigenvalue weighted by Gasteiger charge is 1.99. The minimum absolute atomic E-state index is 0.209. The van der Waals surface area contributed by atoms with E-state index in [4.69, 9.17) is 4.74 Å². The van der Waals surface area contributed by atoms with Crippen molar-refractivity contribution < 1.29 is 4.74 Å². The van der Waals surface area contributed by atoms with Crippen LogP contribution in [0, 0.1) is 13.8 Å². The standard InChI is InChI=1S/C19H26N2O/c1-14(2)22-18-8-6-17(7-9-18)20-11-12-21-19-10-5-15(3)13-16(19)4/h5-10,13-14,20-21H,11-12H2,1-4H3. The molecule has 0 amide bonds. The lowest BCUT2D eigenvalue weighted by Crippen LogP contribution is -2.14. The Morgan fingerprint density at radius 3 is 2.23 bits per heavy atom. The van der Waals surface area contributed by atoms with Crippen molar-refractivity contribution in [1.82, 2.24) is 0 Å². The Hall–Kier alpha value is -2.16. The van der Waals surface area contributed by atoms with Gasteiger partial charge in [0.2, 0.25) is 0 Å². The first kappa shape index (κ1) is 16.2. The number of aryl methyl sites for hydroxylation is 2. The second-order valence-electron chi connectivity index (χ2n) is 5.86. The zero-order chi connectivity index (χ0) is 15.9. The SMILES string of the molecule is Cc1ccc(NCCNc2ccc(OC(C)C)cc2)c(C)c1. The first-order valence-electron chi connectivity index (χ1n) is 7.86. The van der Waals surface area contributed by atoms with E-state index in [0.29, 0.717) is 0 Å². The summed E-state index contributed by atoms with van der Waals surface area (Å²) in [5.41, 5.74) is 4.90. The molecule has 0 saturated heterocycles. The molecule has 118 valence electrons. The van der Waals surface area contributed by atoms with Crippen LogP contribution in [-0.4, -0.2) is 19.2 Å². The van der Waals surface area contributed by atoms with Gasteiger partial charge in [-0.3, -0.25) is 0 Å². The third-order valence-corrected chi connectivity index (χ3v) is 3.38. The zero-order valence-electron chi connectivity index (χ0n) is 13.9. The third kappa shape index (κ3) is 4.99. The maximum atomic E-state index is 5.64. The summed E-state index contributed by atoms with van der Waals surface area (Å²) in [7, 11) is 0. The highest BCUT2D eigenvalue weighted by atomic mass is 16.5. The Balaban J connectivity index is 1.76. The number of anilines is 2. The van der Waals surface area contributed by atoms with Crippen LogP contribution in [0.1, 0.15) is 25.0 Å². The topological polar surface area (TPSA) is 33.3 Å². The first-order valence-corrected chi connectivity index (χ1v) is 7.86. The lowest BCUT2D eigenvalue weighted by atomic mass is 10.1. The Morgan fingerprint density at radius 2 is 1.59 bits per heavy atom. The van der Waals surface area contributed by atoms with Crippen molar-refractivity contribution >= 4 is 11.4 Å². The molecular weight excluding hydrogens is 272 g/mol. The van der Waals surface area contributed by atoms with E-state index in [1.165, 1.54) is 16.8 Å².